The van der Waals surface area contributed by atoms with E-state index in [-0.39, 0.29) is 37.5 Å². The van der Waals surface area contributed by atoms with E-state index in [0.29, 0.717) is 17.9 Å². The van der Waals surface area contributed by atoms with Gasteiger partial charge in [-0.05, 0) is 43.7 Å². The number of amides is 2. The number of carbonyl (C=O) groups is 3. The molecular formula is C25H28N2O7. The van der Waals surface area contributed by atoms with Gasteiger partial charge in [0, 0.05) is 0 Å². The number of carbonyl (C=O) groups excluding carboxylic acids is 3. The Balaban J connectivity index is 1.63. The SMILES string of the molecule is CCOC(=O)C1=C(COC(=O)CCOc2ccc(OCC)cc2)NC(=O)NC1c1ccccc1. The van der Waals surface area contributed by atoms with Crippen LogP contribution in [-0.2, 0) is 19.1 Å². The Kier molecular flexibility index (Phi) is 8.90. The molecule has 2 N–H and O–H groups in total. The van der Waals surface area contributed by atoms with Crippen LogP contribution in [0.1, 0.15) is 31.9 Å². The lowest BCUT2D eigenvalue weighted by Gasteiger charge is -2.29. The van der Waals surface area contributed by atoms with E-state index in [1.54, 1.807) is 55.5 Å². The highest BCUT2D eigenvalue weighted by atomic mass is 16.5. The predicted octanol–water partition coefficient (Wildman–Crippen LogP) is 3.27. The highest BCUT2D eigenvalue weighted by Gasteiger charge is 2.34. The minimum atomic E-state index is -0.731. The average Bonchev–Trinajstić information content (AvgIpc) is 2.84. The first kappa shape index (κ1) is 24.6. The molecule has 0 spiro atoms. The first-order valence-electron chi connectivity index (χ1n) is 11.1. The van der Waals surface area contributed by atoms with Crippen LogP contribution in [-0.4, -0.2) is 44.4 Å². The summed E-state index contributed by atoms with van der Waals surface area (Å²) in [6.07, 6.45) is -0.0104. The number of urea groups is 1. The molecular weight excluding hydrogens is 440 g/mol. The molecule has 1 heterocycles. The minimum absolute atomic E-state index is 0.0104. The van der Waals surface area contributed by atoms with Crippen molar-refractivity contribution >= 4 is 18.0 Å². The number of rotatable bonds is 11. The zero-order valence-electron chi connectivity index (χ0n) is 19.2. The van der Waals surface area contributed by atoms with Gasteiger partial charge in [-0.25, -0.2) is 9.59 Å². The summed E-state index contributed by atoms with van der Waals surface area (Å²) in [5, 5.41) is 5.29. The van der Waals surface area contributed by atoms with Gasteiger partial charge >= 0.3 is 18.0 Å². The van der Waals surface area contributed by atoms with Gasteiger partial charge in [-0.1, -0.05) is 30.3 Å². The first-order chi connectivity index (χ1) is 16.5. The molecule has 1 aliphatic heterocycles. The Morgan fingerprint density at radius 1 is 0.882 bits per heavy atom. The van der Waals surface area contributed by atoms with Crippen molar-refractivity contribution in [2.24, 2.45) is 0 Å². The van der Waals surface area contributed by atoms with E-state index in [0.717, 1.165) is 5.75 Å². The van der Waals surface area contributed by atoms with Crippen LogP contribution in [0.3, 0.4) is 0 Å². The maximum absolute atomic E-state index is 12.7. The van der Waals surface area contributed by atoms with Gasteiger partial charge in [0.05, 0.1) is 43.6 Å². The maximum Gasteiger partial charge on any atom is 0.338 e. The molecule has 9 heteroatoms. The van der Waals surface area contributed by atoms with Gasteiger partial charge in [-0.15, -0.1) is 0 Å². The zero-order chi connectivity index (χ0) is 24.3. The number of hydrogen-bond donors (Lipinski definition) is 2. The Bertz CT molecular complexity index is 1020. The normalized spacial score (nSPS) is 15.1. The van der Waals surface area contributed by atoms with Crippen LogP contribution >= 0.6 is 0 Å². The zero-order valence-corrected chi connectivity index (χ0v) is 19.2. The molecule has 3 rings (SSSR count). The smallest absolute Gasteiger partial charge is 0.338 e. The maximum atomic E-state index is 12.7. The van der Waals surface area contributed by atoms with E-state index < -0.39 is 24.0 Å². The van der Waals surface area contributed by atoms with E-state index in [1.807, 2.05) is 13.0 Å². The fourth-order valence-corrected chi connectivity index (χ4v) is 3.35. The predicted molar refractivity (Wildman–Crippen MR) is 123 cm³/mol. The van der Waals surface area contributed by atoms with Crippen LogP contribution in [0.5, 0.6) is 11.5 Å². The minimum Gasteiger partial charge on any atom is -0.494 e. The molecule has 2 amide bonds. The molecule has 2 aromatic rings. The summed E-state index contributed by atoms with van der Waals surface area (Å²) in [4.78, 5) is 37.2. The Hall–Kier alpha value is -4.01. The van der Waals surface area contributed by atoms with Gasteiger partial charge in [-0.2, -0.15) is 0 Å². The van der Waals surface area contributed by atoms with E-state index in [2.05, 4.69) is 10.6 Å². The van der Waals surface area contributed by atoms with Crippen LogP contribution < -0.4 is 20.1 Å². The Morgan fingerprint density at radius 2 is 1.56 bits per heavy atom. The fourth-order valence-electron chi connectivity index (χ4n) is 3.35. The Morgan fingerprint density at radius 3 is 2.21 bits per heavy atom. The summed E-state index contributed by atoms with van der Waals surface area (Å²) < 4.78 is 21.4. The van der Waals surface area contributed by atoms with Crippen LogP contribution in [0.4, 0.5) is 4.79 Å². The third-order valence-electron chi connectivity index (χ3n) is 4.87. The van der Waals surface area contributed by atoms with Gasteiger partial charge in [0.2, 0.25) is 0 Å². The highest BCUT2D eigenvalue weighted by molar-refractivity contribution is 5.95. The van der Waals surface area contributed by atoms with E-state index >= 15 is 0 Å². The molecule has 1 atom stereocenters. The Labute approximate surface area is 198 Å². The van der Waals surface area contributed by atoms with Crippen molar-refractivity contribution in [1.82, 2.24) is 10.6 Å². The number of nitrogens with one attached hydrogen (secondary N) is 2. The number of ether oxygens (including phenoxy) is 4. The first-order valence-corrected chi connectivity index (χ1v) is 11.1. The molecule has 0 radical (unpaired) electrons. The molecule has 0 saturated heterocycles. The lowest BCUT2D eigenvalue weighted by Crippen LogP contribution is -2.47. The van der Waals surface area contributed by atoms with Gasteiger partial charge in [0.1, 0.15) is 18.1 Å². The summed E-state index contributed by atoms with van der Waals surface area (Å²) in [5.41, 5.74) is 1.07. The van der Waals surface area contributed by atoms with Crippen molar-refractivity contribution in [3.8, 4) is 11.5 Å². The molecule has 2 aromatic carbocycles. The molecule has 1 unspecified atom stereocenters. The van der Waals surface area contributed by atoms with Crippen molar-refractivity contribution in [1.29, 1.82) is 0 Å². The summed E-state index contributed by atoms with van der Waals surface area (Å²) in [7, 11) is 0. The second-order valence-corrected chi connectivity index (χ2v) is 7.22. The van der Waals surface area contributed by atoms with Crippen molar-refractivity contribution in [2.75, 3.05) is 26.4 Å². The number of esters is 2. The van der Waals surface area contributed by atoms with Gasteiger partial charge < -0.3 is 29.6 Å². The van der Waals surface area contributed by atoms with Crippen LogP contribution in [0.25, 0.3) is 0 Å². The largest absolute Gasteiger partial charge is 0.494 e. The van der Waals surface area contributed by atoms with Crippen LogP contribution in [0, 0.1) is 0 Å². The second kappa shape index (κ2) is 12.3. The van der Waals surface area contributed by atoms with Crippen molar-refractivity contribution in [3.63, 3.8) is 0 Å². The van der Waals surface area contributed by atoms with Gasteiger partial charge in [-0.3, -0.25) is 4.79 Å². The van der Waals surface area contributed by atoms with Crippen molar-refractivity contribution in [3.05, 3.63) is 71.4 Å². The summed E-state index contributed by atoms with van der Waals surface area (Å²) in [6.45, 7) is 4.15. The lowest BCUT2D eigenvalue weighted by atomic mass is 9.95. The number of hydrogen-bond acceptors (Lipinski definition) is 7. The average molecular weight is 469 g/mol. The molecule has 0 bridgehead atoms. The summed E-state index contributed by atoms with van der Waals surface area (Å²) >= 11 is 0. The quantitative estimate of drug-likeness (QED) is 0.487. The lowest BCUT2D eigenvalue weighted by molar-refractivity contribution is -0.144. The molecule has 9 nitrogen and oxygen atoms in total. The van der Waals surface area contributed by atoms with Gasteiger partial charge in [0.25, 0.3) is 0 Å². The van der Waals surface area contributed by atoms with Crippen molar-refractivity contribution < 1.29 is 33.3 Å². The standard InChI is InChI=1S/C25H28N2O7/c1-3-31-18-10-12-19(13-11-18)33-15-14-21(28)34-16-20-22(24(29)32-4-2)23(27-25(30)26-20)17-8-6-5-7-9-17/h5-13,23H,3-4,14-16H2,1-2H3,(H2,26,27,30). The molecule has 0 aliphatic carbocycles. The third kappa shape index (κ3) is 6.74. The molecule has 1 aliphatic rings. The van der Waals surface area contributed by atoms with Crippen molar-refractivity contribution in [2.45, 2.75) is 26.3 Å². The fraction of sp³-hybridized carbons (Fsp3) is 0.320. The molecule has 0 saturated carbocycles. The van der Waals surface area contributed by atoms with Crippen LogP contribution in [0.2, 0.25) is 0 Å². The summed E-state index contributed by atoms with van der Waals surface area (Å²) in [5.74, 6) is 0.192. The summed E-state index contributed by atoms with van der Waals surface area (Å²) in [6, 6.07) is 14.8. The number of benzene rings is 2. The van der Waals surface area contributed by atoms with E-state index in [4.69, 9.17) is 18.9 Å². The van der Waals surface area contributed by atoms with E-state index in [1.165, 1.54) is 0 Å². The third-order valence-corrected chi connectivity index (χ3v) is 4.87. The molecule has 180 valence electrons. The molecule has 0 fully saturated rings. The topological polar surface area (TPSA) is 112 Å². The highest BCUT2D eigenvalue weighted by Crippen LogP contribution is 2.28. The molecule has 0 aromatic heterocycles. The second-order valence-electron chi connectivity index (χ2n) is 7.22. The van der Waals surface area contributed by atoms with Crippen LogP contribution in [0.15, 0.2) is 65.9 Å². The van der Waals surface area contributed by atoms with E-state index in [9.17, 15) is 14.4 Å². The van der Waals surface area contributed by atoms with Gasteiger partial charge in [0.15, 0.2) is 0 Å². The molecule has 34 heavy (non-hydrogen) atoms. The monoisotopic (exact) mass is 468 g/mol.